The normalized spacial score (nSPS) is 11.5. The van der Waals surface area contributed by atoms with Crippen LogP contribution in [0.5, 0.6) is 0 Å². The SMILES string of the molecule is CC(C)(C)OC(=O)NC(CCCCNC(=O)OCCCl)C(=O)OC(C)(C)C.CC(C)(C)OC(=O)NC(CCCCNC(=O)OCCN=[N+]=[N-])C(=O)OC(C)(C)C.I[I-]I.[N-]=[N+]=[N-].[Na+]. The molecule has 0 aromatic heterocycles. The van der Waals surface area contributed by atoms with Crippen molar-refractivity contribution in [3.8, 4) is 0 Å². The summed E-state index contributed by atoms with van der Waals surface area (Å²) in [5.41, 5.74) is 18.9. The molecule has 0 radical (unpaired) electrons. The molecular formula is C36H66ClI3N10NaO12-. The first-order valence-electron chi connectivity index (χ1n) is 19.2. The second kappa shape index (κ2) is 40.4. The first-order valence-corrected chi connectivity index (χ1v) is 32.3. The van der Waals surface area contributed by atoms with E-state index in [1.54, 1.807) is 83.1 Å². The van der Waals surface area contributed by atoms with E-state index in [1.807, 2.05) is 0 Å². The molecule has 0 saturated heterocycles. The van der Waals surface area contributed by atoms with Crippen LogP contribution in [0.3, 0.4) is 0 Å². The van der Waals surface area contributed by atoms with Gasteiger partial charge in [0.1, 0.15) is 41.1 Å². The first kappa shape index (κ1) is 70.1. The Kier molecular flexibility index (Phi) is 45.0. The molecule has 0 bridgehead atoms. The van der Waals surface area contributed by atoms with E-state index < -0.39 is 70.8 Å². The van der Waals surface area contributed by atoms with Gasteiger partial charge in [0, 0.05) is 18.0 Å². The maximum absolute atomic E-state index is 12.4. The number of alkyl halides is 1. The number of alkyl carbamates (subject to hydrolysis) is 4. The zero-order chi connectivity index (χ0) is 49.0. The van der Waals surface area contributed by atoms with E-state index in [4.69, 9.17) is 56.6 Å². The fourth-order valence-electron chi connectivity index (χ4n) is 3.93. The van der Waals surface area contributed by atoms with E-state index in [1.165, 1.54) is 4.91 Å². The van der Waals surface area contributed by atoms with Gasteiger partial charge in [-0.25, -0.2) is 28.8 Å². The van der Waals surface area contributed by atoms with Crippen LogP contribution in [0, 0.1) is 0 Å². The molecule has 0 aromatic carbocycles. The maximum atomic E-state index is 12.4. The fraction of sp³-hybridized carbons (Fsp3) is 0.833. The van der Waals surface area contributed by atoms with Gasteiger partial charge in [-0.2, -0.15) is 0 Å². The van der Waals surface area contributed by atoms with E-state index >= 15 is 0 Å². The van der Waals surface area contributed by atoms with Crippen molar-refractivity contribution in [2.24, 2.45) is 5.11 Å². The third kappa shape index (κ3) is 56.2. The number of carbonyl (C=O) groups is 6. The number of amides is 4. The molecule has 63 heavy (non-hydrogen) atoms. The molecule has 0 spiro atoms. The van der Waals surface area contributed by atoms with Gasteiger partial charge in [-0.1, -0.05) is 5.11 Å². The third-order valence-electron chi connectivity index (χ3n) is 5.94. The van der Waals surface area contributed by atoms with Crippen LogP contribution < -0.4 is 64.1 Å². The minimum Gasteiger partial charge on any atom is -0.373 e. The van der Waals surface area contributed by atoms with Crippen molar-refractivity contribution in [3.63, 3.8) is 0 Å². The van der Waals surface area contributed by atoms with E-state index in [-0.39, 0.29) is 55.2 Å². The van der Waals surface area contributed by atoms with Crippen LogP contribution in [-0.4, -0.2) is 110 Å². The van der Waals surface area contributed by atoms with Crippen LogP contribution in [0.1, 0.15) is 122 Å². The van der Waals surface area contributed by atoms with Gasteiger partial charge in [0.25, 0.3) is 0 Å². The minimum absolute atomic E-state index is 0. The summed E-state index contributed by atoms with van der Waals surface area (Å²) in [4.78, 5) is 75.5. The van der Waals surface area contributed by atoms with Gasteiger partial charge in [-0.3, -0.25) is 4.91 Å². The molecule has 27 heteroatoms. The van der Waals surface area contributed by atoms with Crippen molar-refractivity contribution in [3.05, 3.63) is 26.4 Å². The Labute approximate surface area is 428 Å². The third-order valence-corrected chi connectivity index (χ3v) is 6.09. The maximum Gasteiger partial charge on any atom is 1.00 e. The van der Waals surface area contributed by atoms with Crippen LogP contribution in [0.2, 0.25) is 0 Å². The van der Waals surface area contributed by atoms with E-state index in [0.717, 1.165) is 0 Å². The molecule has 0 fully saturated rings. The smallest absolute Gasteiger partial charge is 0.373 e. The van der Waals surface area contributed by atoms with Crippen LogP contribution in [-0.2, 0) is 38.0 Å². The Bertz CT molecular complexity index is 1400. The van der Waals surface area contributed by atoms with E-state index in [0.29, 0.717) is 64.9 Å². The largest absolute Gasteiger partial charge is 1.00 e. The summed E-state index contributed by atoms with van der Waals surface area (Å²) in [6, 6.07) is -1.69. The topological polar surface area (TPSA) is 313 Å². The quantitative estimate of drug-likeness (QED) is 0.0166. The molecule has 2 atom stereocenters. The van der Waals surface area contributed by atoms with Gasteiger partial charge in [0.15, 0.2) is 0 Å². The van der Waals surface area contributed by atoms with Crippen molar-refractivity contribution in [1.29, 1.82) is 0 Å². The van der Waals surface area contributed by atoms with Crippen LogP contribution >= 0.6 is 48.8 Å². The number of unbranched alkanes of at least 4 members (excludes halogenated alkanes) is 2. The number of azide groups is 1. The molecule has 0 saturated carbocycles. The van der Waals surface area contributed by atoms with E-state index in [2.05, 4.69) is 68.5 Å². The van der Waals surface area contributed by atoms with Gasteiger partial charge in [0.2, 0.25) is 0 Å². The summed E-state index contributed by atoms with van der Waals surface area (Å²) in [6.07, 6.45) is 0.422. The van der Waals surface area contributed by atoms with Crippen LogP contribution in [0.4, 0.5) is 19.2 Å². The molecule has 0 rings (SSSR count). The fourth-order valence-corrected chi connectivity index (χ4v) is 4.01. The molecule has 22 nitrogen and oxygen atoms in total. The number of rotatable bonds is 19. The molecule has 4 N–H and O–H groups in total. The van der Waals surface area contributed by atoms with Crippen molar-refractivity contribution < 1.29 is 100 Å². The number of hydrogen-bond donors (Lipinski definition) is 4. The number of ether oxygens (including phenoxy) is 6. The zero-order valence-corrected chi connectivity index (χ0v) is 48.0. The van der Waals surface area contributed by atoms with Crippen LogP contribution in [0.25, 0.3) is 26.4 Å². The number of nitrogens with one attached hydrogen (secondary N) is 4. The summed E-state index contributed by atoms with van der Waals surface area (Å²) in [7, 11) is 0. The molecule has 0 aliphatic rings. The minimum atomic E-state index is -0.861. The monoisotopic (exact) mass is 1270 g/mol. The van der Waals surface area contributed by atoms with Gasteiger partial charge in [0.05, 0.1) is 19.0 Å². The average molecular weight is 1270 g/mol. The molecule has 0 aliphatic heterocycles. The Morgan fingerprint density at radius 2 is 0.921 bits per heavy atom. The summed E-state index contributed by atoms with van der Waals surface area (Å²) < 4.78 is 30.7. The zero-order valence-electron chi connectivity index (χ0n) is 38.7. The number of esters is 2. The number of hydrogen-bond acceptors (Lipinski definition) is 13. The van der Waals surface area contributed by atoms with Gasteiger partial charge < -0.3 is 60.8 Å². The van der Waals surface area contributed by atoms with Crippen molar-refractivity contribution >= 4 is 85.1 Å². The van der Waals surface area contributed by atoms with E-state index in [9.17, 15) is 28.8 Å². The van der Waals surface area contributed by atoms with Gasteiger partial charge >= 0.3 is 116 Å². The predicted molar refractivity (Wildman–Crippen MR) is 247 cm³/mol. The molecule has 0 aromatic rings. The summed E-state index contributed by atoms with van der Waals surface area (Å²) in [5, 5.41) is 13.5. The molecule has 2 unspecified atom stereocenters. The van der Waals surface area contributed by atoms with Gasteiger partial charge in [-0.05, 0) is 127 Å². The Morgan fingerprint density at radius 3 is 1.21 bits per heavy atom. The molecule has 362 valence electrons. The molecule has 0 heterocycles. The van der Waals surface area contributed by atoms with Crippen molar-refractivity contribution in [2.75, 3.05) is 38.7 Å². The molecular weight excluding hydrogens is 1200 g/mol. The summed E-state index contributed by atoms with van der Waals surface area (Å²) in [5.74, 6) is -0.835. The van der Waals surface area contributed by atoms with Crippen molar-refractivity contribution in [1.82, 2.24) is 21.3 Å². The Hall–Kier alpha value is -1.88. The number of nitrogens with zero attached hydrogens (tertiary/aromatic N) is 6. The first-order chi connectivity index (χ1) is 28.5. The summed E-state index contributed by atoms with van der Waals surface area (Å²) in [6.45, 7) is 21.8. The Balaban J connectivity index is -0.000000312. The summed E-state index contributed by atoms with van der Waals surface area (Å²) >= 11 is 10.7. The molecule has 4 amide bonds. The second-order valence-electron chi connectivity index (χ2n) is 16.4. The second-order valence-corrected chi connectivity index (χ2v) is 33.0. The predicted octanol–water partition coefficient (Wildman–Crippen LogP) is 3.43. The Morgan fingerprint density at radius 1 is 0.603 bits per heavy atom. The standard InChI is InChI=1S/C18H33ClN2O6.C18H33N5O6.I3.N3.Na/c1-17(2,3)26-14(22)13(21-16(24)27-18(4,5)6)9-7-8-11-20-15(23)25-12-10-19;1-17(2,3)28-14(24)13(22-16(26)29-18(4,5)6)9-7-8-10-20-15(25)27-12-11-21-23-19;2*1-3-2;/h13H,7-12H2,1-6H3,(H,20,23)(H,21,24);13H,7-12H2,1-6H3,(H,20,25)(H,22,26);;;/q;;2*-1;+1. The average Bonchev–Trinajstić information content (AvgIpc) is 3.09. The number of carbonyl (C=O) groups excluding carboxylic acids is 6. The van der Waals surface area contributed by atoms with Crippen molar-refractivity contribution in [2.45, 2.75) is 156 Å². The molecule has 0 aliphatic carbocycles. The number of halogens is 4. The van der Waals surface area contributed by atoms with Gasteiger partial charge in [-0.15, -0.1) is 11.6 Å². The van der Waals surface area contributed by atoms with Crippen LogP contribution in [0.15, 0.2) is 5.11 Å².